The van der Waals surface area contributed by atoms with Crippen molar-refractivity contribution in [1.82, 2.24) is 10.2 Å². The molecule has 16 heavy (non-hydrogen) atoms. The van der Waals surface area contributed by atoms with Gasteiger partial charge in [0.05, 0.1) is 6.42 Å². The monoisotopic (exact) mass is 228 g/mol. The highest BCUT2D eigenvalue weighted by atomic mass is 16.4. The molecule has 1 aliphatic rings. The summed E-state index contributed by atoms with van der Waals surface area (Å²) in [5.41, 5.74) is 0. The molecule has 1 unspecified atom stereocenters. The molecule has 0 aromatic heterocycles. The molecule has 1 amide bonds. The second kappa shape index (κ2) is 6.48. The summed E-state index contributed by atoms with van der Waals surface area (Å²) in [6.07, 6.45) is 3.76. The maximum absolute atomic E-state index is 11.1. The quantitative estimate of drug-likeness (QED) is 0.717. The first-order valence-corrected chi connectivity index (χ1v) is 5.80. The van der Waals surface area contributed by atoms with Gasteiger partial charge in [-0.05, 0) is 19.4 Å². The summed E-state index contributed by atoms with van der Waals surface area (Å²) in [5, 5.41) is 11.4. The lowest BCUT2D eigenvalue weighted by molar-refractivity contribution is -0.138. The fourth-order valence-corrected chi connectivity index (χ4v) is 2.16. The van der Waals surface area contributed by atoms with Crippen molar-refractivity contribution in [3.8, 4) is 0 Å². The van der Waals surface area contributed by atoms with Crippen LogP contribution in [0.1, 0.15) is 32.1 Å². The van der Waals surface area contributed by atoms with Gasteiger partial charge in [-0.25, -0.2) is 0 Å². The second-order valence-corrected chi connectivity index (χ2v) is 4.21. The zero-order valence-electron chi connectivity index (χ0n) is 9.74. The normalized spacial score (nSPS) is 21.7. The Morgan fingerprint density at radius 3 is 2.81 bits per heavy atom. The minimum Gasteiger partial charge on any atom is -0.481 e. The van der Waals surface area contributed by atoms with E-state index in [4.69, 9.17) is 5.11 Å². The maximum atomic E-state index is 11.1. The van der Waals surface area contributed by atoms with Crippen molar-refractivity contribution in [2.24, 2.45) is 0 Å². The molecule has 5 heteroatoms. The Morgan fingerprint density at radius 2 is 2.19 bits per heavy atom. The molecule has 0 bridgehead atoms. The average molecular weight is 228 g/mol. The smallest absolute Gasteiger partial charge is 0.304 e. The molecule has 0 aromatic rings. The summed E-state index contributed by atoms with van der Waals surface area (Å²) in [4.78, 5) is 24.0. The third kappa shape index (κ3) is 4.18. The van der Waals surface area contributed by atoms with Gasteiger partial charge >= 0.3 is 5.97 Å². The molecule has 0 saturated carbocycles. The molecule has 0 aromatic carbocycles. The number of hydrogen-bond donors (Lipinski definition) is 2. The van der Waals surface area contributed by atoms with E-state index in [2.05, 4.69) is 10.2 Å². The van der Waals surface area contributed by atoms with E-state index < -0.39 is 5.97 Å². The van der Waals surface area contributed by atoms with Crippen molar-refractivity contribution < 1.29 is 14.7 Å². The number of amides is 1. The van der Waals surface area contributed by atoms with Crippen molar-refractivity contribution >= 4 is 11.9 Å². The minimum absolute atomic E-state index is 0.0136. The average Bonchev–Trinajstić information content (AvgIpc) is 2.26. The highest BCUT2D eigenvalue weighted by Gasteiger charge is 2.24. The van der Waals surface area contributed by atoms with Gasteiger partial charge in [-0.15, -0.1) is 0 Å². The van der Waals surface area contributed by atoms with Crippen molar-refractivity contribution in [3.05, 3.63) is 0 Å². The standard InChI is InChI=1S/C11H20N2O3/c1-12-10(14)5-7-13-6-3-2-4-9(13)8-11(15)16/h9H,2-8H2,1H3,(H,12,14)(H,15,16). The predicted octanol–water partition coefficient (Wildman–Crippen LogP) is 0.452. The van der Waals surface area contributed by atoms with Crippen LogP contribution in [-0.4, -0.2) is 48.1 Å². The van der Waals surface area contributed by atoms with E-state index in [0.717, 1.165) is 25.8 Å². The third-order valence-electron chi connectivity index (χ3n) is 3.06. The number of carbonyl (C=O) groups is 2. The van der Waals surface area contributed by atoms with Gasteiger partial charge in [0.1, 0.15) is 0 Å². The number of nitrogens with one attached hydrogen (secondary N) is 1. The third-order valence-corrected chi connectivity index (χ3v) is 3.06. The molecule has 1 aliphatic heterocycles. The molecule has 1 saturated heterocycles. The van der Waals surface area contributed by atoms with E-state index in [0.29, 0.717) is 13.0 Å². The highest BCUT2D eigenvalue weighted by Crippen LogP contribution is 2.19. The Hall–Kier alpha value is -1.10. The van der Waals surface area contributed by atoms with E-state index in [1.807, 2.05) is 0 Å². The fraction of sp³-hybridized carbons (Fsp3) is 0.818. The zero-order chi connectivity index (χ0) is 12.0. The van der Waals surface area contributed by atoms with Crippen LogP contribution in [0.15, 0.2) is 0 Å². The summed E-state index contributed by atoms with van der Waals surface area (Å²) in [6.45, 7) is 1.58. The van der Waals surface area contributed by atoms with Crippen molar-refractivity contribution in [1.29, 1.82) is 0 Å². The largest absolute Gasteiger partial charge is 0.481 e. The summed E-state index contributed by atoms with van der Waals surface area (Å²) in [6, 6.07) is 0.107. The van der Waals surface area contributed by atoms with Crippen molar-refractivity contribution in [2.45, 2.75) is 38.1 Å². The SMILES string of the molecule is CNC(=O)CCN1CCCCC1CC(=O)O. The lowest BCUT2D eigenvalue weighted by Crippen LogP contribution is -2.42. The number of carbonyl (C=O) groups excluding carboxylic acids is 1. The van der Waals surface area contributed by atoms with Gasteiger partial charge in [-0.3, -0.25) is 14.5 Å². The first-order valence-electron chi connectivity index (χ1n) is 5.80. The highest BCUT2D eigenvalue weighted by molar-refractivity contribution is 5.75. The Bertz CT molecular complexity index is 256. The van der Waals surface area contributed by atoms with Crippen molar-refractivity contribution in [3.63, 3.8) is 0 Å². The molecule has 0 radical (unpaired) electrons. The molecule has 5 nitrogen and oxygen atoms in total. The van der Waals surface area contributed by atoms with Crippen LogP contribution in [0.25, 0.3) is 0 Å². The number of aliphatic carboxylic acids is 1. The van der Waals surface area contributed by atoms with E-state index in [9.17, 15) is 9.59 Å². The number of likely N-dealkylation sites (tertiary alicyclic amines) is 1. The molecule has 0 aliphatic carbocycles. The number of nitrogens with zero attached hydrogens (tertiary/aromatic N) is 1. The van der Waals surface area contributed by atoms with Gasteiger partial charge in [0.15, 0.2) is 0 Å². The van der Waals surface area contributed by atoms with Gasteiger partial charge in [-0.2, -0.15) is 0 Å². The Balaban J connectivity index is 2.40. The minimum atomic E-state index is -0.753. The van der Waals surface area contributed by atoms with E-state index in [1.54, 1.807) is 7.05 Å². The molecule has 1 fully saturated rings. The van der Waals surface area contributed by atoms with Crippen molar-refractivity contribution in [2.75, 3.05) is 20.1 Å². The first kappa shape index (κ1) is 13.0. The predicted molar refractivity (Wildman–Crippen MR) is 60.1 cm³/mol. The summed E-state index contributed by atoms with van der Waals surface area (Å²) in [7, 11) is 1.62. The first-order chi connectivity index (χ1) is 7.63. The van der Waals surface area contributed by atoms with E-state index in [-0.39, 0.29) is 18.4 Å². The van der Waals surface area contributed by atoms with Gasteiger partial charge in [-0.1, -0.05) is 6.42 Å². The zero-order valence-corrected chi connectivity index (χ0v) is 9.74. The van der Waals surface area contributed by atoms with Gasteiger partial charge in [0.2, 0.25) is 5.91 Å². The topological polar surface area (TPSA) is 69.6 Å². The maximum Gasteiger partial charge on any atom is 0.304 e. The molecule has 1 heterocycles. The lowest BCUT2D eigenvalue weighted by Gasteiger charge is -2.34. The van der Waals surface area contributed by atoms with Gasteiger partial charge < -0.3 is 10.4 Å². The van der Waals surface area contributed by atoms with Crippen LogP contribution in [0.2, 0.25) is 0 Å². The van der Waals surface area contributed by atoms with Crippen LogP contribution in [0.5, 0.6) is 0 Å². The lowest BCUT2D eigenvalue weighted by atomic mass is 9.99. The van der Waals surface area contributed by atoms with Crippen LogP contribution in [-0.2, 0) is 9.59 Å². The van der Waals surface area contributed by atoms with Crippen LogP contribution in [0, 0.1) is 0 Å². The van der Waals surface area contributed by atoms with Gasteiger partial charge in [0, 0.05) is 26.1 Å². The molecular formula is C11H20N2O3. The molecule has 1 atom stereocenters. The molecule has 1 rings (SSSR count). The Morgan fingerprint density at radius 1 is 1.44 bits per heavy atom. The number of carboxylic acid groups (broad SMARTS) is 1. The van der Waals surface area contributed by atoms with Crippen LogP contribution in [0.4, 0.5) is 0 Å². The Kier molecular flexibility index (Phi) is 5.25. The van der Waals surface area contributed by atoms with E-state index in [1.165, 1.54) is 0 Å². The number of rotatable bonds is 5. The molecule has 2 N–H and O–H groups in total. The van der Waals surface area contributed by atoms with Crippen LogP contribution in [0.3, 0.4) is 0 Å². The molecule has 0 spiro atoms. The molecule has 92 valence electrons. The van der Waals surface area contributed by atoms with E-state index >= 15 is 0 Å². The molecular weight excluding hydrogens is 208 g/mol. The second-order valence-electron chi connectivity index (χ2n) is 4.21. The van der Waals surface area contributed by atoms with Crippen LogP contribution >= 0.6 is 0 Å². The van der Waals surface area contributed by atoms with Gasteiger partial charge in [0.25, 0.3) is 0 Å². The summed E-state index contributed by atoms with van der Waals surface area (Å²) < 4.78 is 0. The summed E-state index contributed by atoms with van der Waals surface area (Å²) in [5.74, 6) is -0.739. The number of piperidine rings is 1. The summed E-state index contributed by atoms with van der Waals surface area (Å²) >= 11 is 0. The number of carboxylic acids is 1. The fourth-order valence-electron chi connectivity index (χ4n) is 2.16. The Labute approximate surface area is 95.8 Å². The number of hydrogen-bond acceptors (Lipinski definition) is 3. The van der Waals surface area contributed by atoms with Crippen LogP contribution < -0.4 is 5.32 Å².